The van der Waals surface area contributed by atoms with Crippen molar-refractivity contribution in [1.29, 1.82) is 0 Å². The summed E-state index contributed by atoms with van der Waals surface area (Å²) in [5, 5.41) is 2.92. The van der Waals surface area contributed by atoms with Crippen molar-refractivity contribution in [3.63, 3.8) is 0 Å². The molecule has 1 unspecified atom stereocenters. The second-order valence-electron chi connectivity index (χ2n) is 4.33. The van der Waals surface area contributed by atoms with E-state index in [1.165, 1.54) is 4.90 Å². The van der Waals surface area contributed by atoms with Gasteiger partial charge in [-0.2, -0.15) is 0 Å². The molecule has 94 valence electrons. The first kappa shape index (κ1) is 11.8. The Hall–Kier alpha value is -2.26. The van der Waals surface area contributed by atoms with E-state index in [1.807, 2.05) is 48.5 Å². The van der Waals surface area contributed by atoms with E-state index in [0.717, 1.165) is 21.8 Å². The maximum absolute atomic E-state index is 6.34. The van der Waals surface area contributed by atoms with Gasteiger partial charge in [0.2, 0.25) is 0 Å². The van der Waals surface area contributed by atoms with Crippen LogP contribution in [0.4, 0.5) is 10.7 Å². The minimum Gasteiger partial charge on any atom is -0.394 e. The van der Waals surface area contributed by atoms with E-state index in [2.05, 4.69) is 17.5 Å². The predicted molar refractivity (Wildman–Crippen MR) is 84.5 cm³/mol. The highest BCUT2D eigenvalue weighted by Crippen LogP contribution is 2.48. The van der Waals surface area contributed by atoms with Crippen LogP contribution in [0.5, 0.6) is 0 Å². The van der Waals surface area contributed by atoms with Gasteiger partial charge in [-0.1, -0.05) is 48.5 Å². The van der Waals surface area contributed by atoms with Gasteiger partial charge in [0.15, 0.2) is 10.3 Å². The first-order valence-electron chi connectivity index (χ1n) is 6.08. The highest BCUT2D eigenvalue weighted by molar-refractivity contribution is 7.42. The molecule has 1 atom stereocenters. The normalized spacial score (nSPS) is 11.5. The molecule has 1 aromatic heterocycles. The summed E-state index contributed by atoms with van der Waals surface area (Å²) in [6.07, 6.45) is 0. The lowest BCUT2D eigenvalue weighted by molar-refractivity contribution is 1.67. The lowest BCUT2D eigenvalue weighted by atomic mass is 10.1. The van der Waals surface area contributed by atoms with Gasteiger partial charge in [0, 0.05) is 10.5 Å². The summed E-state index contributed by atoms with van der Waals surface area (Å²) in [5.41, 5.74) is 15.3. The number of nitrogen functional groups attached to an aromatic ring is 2. The molecule has 0 spiro atoms. The van der Waals surface area contributed by atoms with Gasteiger partial charge in [-0.05, 0) is 17.7 Å². The molecule has 2 nitrogen and oxygen atoms in total. The van der Waals surface area contributed by atoms with Crippen molar-refractivity contribution in [2.24, 2.45) is 0 Å². The number of thiophene rings is 1. The summed E-state index contributed by atoms with van der Waals surface area (Å²) in [6.45, 7) is 0. The summed E-state index contributed by atoms with van der Waals surface area (Å²) in [4.78, 5) is 1.20. The molecule has 3 aromatic rings. The third-order valence-corrected chi connectivity index (χ3v) is 5.02. The van der Waals surface area contributed by atoms with E-state index in [1.54, 1.807) is 0 Å². The van der Waals surface area contributed by atoms with Gasteiger partial charge in [-0.3, -0.25) is 0 Å². The number of hydrogen-bond donors (Lipinski definition) is 2. The van der Waals surface area contributed by atoms with E-state index >= 15 is 0 Å². The van der Waals surface area contributed by atoms with Gasteiger partial charge in [0.1, 0.15) is 0 Å². The molecule has 0 aliphatic carbocycles. The van der Waals surface area contributed by atoms with E-state index < -0.39 is 0 Å². The number of nitrogens with two attached hydrogens (primary N) is 2. The summed E-state index contributed by atoms with van der Waals surface area (Å²) in [5.74, 6) is 0. The Morgan fingerprint density at radius 1 is 0.737 bits per heavy atom. The van der Waals surface area contributed by atoms with E-state index in [0.29, 0.717) is 0 Å². The van der Waals surface area contributed by atoms with Crippen LogP contribution in [-0.4, -0.2) is 0 Å². The molecule has 0 fully saturated rings. The average Bonchev–Trinajstić information content (AvgIpc) is 2.76. The molecule has 0 amide bonds. The van der Waals surface area contributed by atoms with E-state index in [9.17, 15) is 0 Å². The van der Waals surface area contributed by atoms with Crippen molar-refractivity contribution in [1.82, 2.24) is 0 Å². The van der Waals surface area contributed by atoms with Crippen molar-refractivity contribution >= 4 is 21.2 Å². The minimum atomic E-state index is -0.226. The standard InChI is InChI=1S/C16H15N2S/c17-14-11-19(13-9-5-2-6-10-13)16(18)15(14)12-7-3-1-4-8-12/h1-11H,17-18H2/q+1. The molecule has 0 aliphatic rings. The Labute approximate surface area is 115 Å². The molecule has 3 heteroatoms. The largest absolute Gasteiger partial charge is 0.394 e. The molecule has 4 N–H and O–H groups in total. The van der Waals surface area contributed by atoms with Crippen LogP contribution < -0.4 is 11.5 Å². The summed E-state index contributed by atoms with van der Waals surface area (Å²) >= 11 is 0. The third-order valence-electron chi connectivity index (χ3n) is 3.08. The van der Waals surface area contributed by atoms with Crippen LogP contribution >= 0.6 is 10.5 Å². The van der Waals surface area contributed by atoms with Gasteiger partial charge >= 0.3 is 0 Å². The van der Waals surface area contributed by atoms with Crippen LogP contribution in [0.1, 0.15) is 0 Å². The number of rotatable bonds is 2. The maximum atomic E-state index is 6.34. The van der Waals surface area contributed by atoms with Gasteiger partial charge < -0.3 is 11.5 Å². The van der Waals surface area contributed by atoms with Crippen molar-refractivity contribution in [2.45, 2.75) is 0 Å². The fourth-order valence-electron chi connectivity index (χ4n) is 2.18. The molecule has 2 aromatic carbocycles. The lowest BCUT2D eigenvalue weighted by Gasteiger charge is -1.98. The van der Waals surface area contributed by atoms with Crippen molar-refractivity contribution in [3.05, 3.63) is 66.0 Å². The second kappa shape index (κ2) is 4.78. The first-order valence-corrected chi connectivity index (χ1v) is 7.37. The Morgan fingerprint density at radius 2 is 1.32 bits per heavy atom. The molecule has 0 aliphatic heterocycles. The van der Waals surface area contributed by atoms with Crippen molar-refractivity contribution in [2.75, 3.05) is 11.5 Å². The van der Waals surface area contributed by atoms with Crippen LogP contribution in [0, 0.1) is 0 Å². The number of benzene rings is 2. The minimum absolute atomic E-state index is 0.226. The molecule has 19 heavy (non-hydrogen) atoms. The number of anilines is 2. The van der Waals surface area contributed by atoms with Crippen LogP contribution in [0.15, 0.2) is 66.0 Å². The molecular weight excluding hydrogens is 252 g/mol. The van der Waals surface area contributed by atoms with Gasteiger partial charge in [0.05, 0.1) is 11.3 Å². The molecule has 0 bridgehead atoms. The first-order chi connectivity index (χ1) is 9.27. The summed E-state index contributed by atoms with van der Waals surface area (Å²) in [6, 6.07) is 20.3. The smallest absolute Gasteiger partial charge is 0.253 e. The van der Waals surface area contributed by atoms with Gasteiger partial charge in [-0.15, -0.1) is 0 Å². The highest BCUT2D eigenvalue weighted by Gasteiger charge is 2.24. The molecule has 1 heterocycles. The quantitative estimate of drug-likeness (QED) is 0.682. The second-order valence-corrected chi connectivity index (χ2v) is 6.15. The lowest BCUT2D eigenvalue weighted by Crippen LogP contribution is -1.89. The van der Waals surface area contributed by atoms with Crippen LogP contribution in [0.3, 0.4) is 0 Å². The average molecular weight is 267 g/mol. The molecular formula is C16H15N2S+. The zero-order valence-corrected chi connectivity index (χ0v) is 11.2. The van der Waals surface area contributed by atoms with Crippen molar-refractivity contribution in [3.8, 4) is 16.0 Å². The zero-order chi connectivity index (χ0) is 13.2. The molecule has 0 saturated carbocycles. The highest BCUT2D eigenvalue weighted by atomic mass is 32.2. The van der Waals surface area contributed by atoms with E-state index in [-0.39, 0.29) is 10.5 Å². The third kappa shape index (κ3) is 2.09. The molecule has 0 saturated heterocycles. The Morgan fingerprint density at radius 3 is 1.95 bits per heavy atom. The van der Waals surface area contributed by atoms with E-state index in [4.69, 9.17) is 11.5 Å². The summed E-state index contributed by atoms with van der Waals surface area (Å²) in [7, 11) is -0.226. The zero-order valence-electron chi connectivity index (χ0n) is 10.4. The fraction of sp³-hybridized carbons (Fsp3) is 0. The summed E-state index contributed by atoms with van der Waals surface area (Å²) < 4.78 is 0. The maximum Gasteiger partial charge on any atom is 0.253 e. The molecule has 0 radical (unpaired) electrons. The van der Waals surface area contributed by atoms with Crippen molar-refractivity contribution < 1.29 is 0 Å². The fourth-order valence-corrected chi connectivity index (χ4v) is 3.97. The molecule has 3 rings (SSSR count). The van der Waals surface area contributed by atoms with Crippen LogP contribution in [-0.2, 0) is 0 Å². The SMILES string of the molecule is Nc1c[s+](-c2ccccc2)c(N)c1-c1ccccc1. The van der Waals surface area contributed by atoms with Crippen LogP contribution in [0.2, 0.25) is 0 Å². The Balaban J connectivity index is 2.17. The van der Waals surface area contributed by atoms with Gasteiger partial charge in [0.25, 0.3) is 5.00 Å². The monoisotopic (exact) mass is 267 g/mol. The Kier molecular flexibility index (Phi) is 2.97. The number of hydrogen-bond acceptors (Lipinski definition) is 2. The Bertz CT molecular complexity index is 688. The van der Waals surface area contributed by atoms with Gasteiger partial charge in [-0.25, -0.2) is 0 Å². The predicted octanol–water partition coefficient (Wildman–Crippen LogP) is 4.26. The van der Waals surface area contributed by atoms with Crippen LogP contribution in [0.25, 0.3) is 16.0 Å². The topological polar surface area (TPSA) is 52.0 Å².